The second-order valence-corrected chi connectivity index (χ2v) is 6.53. The van der Waals surface area contributed by atoms with Gasteiger partial charge in [0.1, 0.15) is 5.75 Å². The second kappa shape index (κ2) is 7.88. The average Bonchev–Trinajstić information content (AvgIpc) is 2.59. The summed E-state index contributed by atoms with van der Waals surface area (Å²) in [5, 5.41) is 7.19. The maximum absolute atomic E-state index is 12.4. The predicted octanol–water partition coefficient (Wildman–Crippen LogP) is 4.72. The highest BCUT2D eigenvalue weighted by molar-refractivity contribution is 6.35. The predicted molar refractivity (Wildman–Crippen MR) is 97.2 cm³/mol. The monoisotopic (exact) mass is 364 g/mol. The molecule has 1 amide bonds. The number of amides is 1. The summed E-state index contributed by atoms with van der Waals surface area (Å²) in [6.07, 6.45) is 1.69. The Labute approximate surface area is 151 Å². The van der Waals surface area contributed by atoms with Crippen molar-refractivity contribution in [3.63, 3.8) is 0 Å². The summed E-state index contributed by atoms with van der Waals surface area (Å²) in [5.41, 5.74) is 0.632. The van der Waals surface area contributed by atoms with Crippen molar-refractivity contribution >= 4 is 34.8 Å². The highest BCUT2D eigenvalue weighted by atomic mass is 35.5. The van der Waals surface area contributed by atoms with Crippen LogP contribution < -0.4 is 15.4 Å². The van der Waals surface area contributed by atoms with E-state index in [0.717, 1.165) is 25.9 Å². The first kappa shape index (κ1) is 17.1. The number of carbonyl (C=O) groups is 1. The largest absolute Gasteiger partial charge is 0.454 e. The van der Waals surface area contributed by atoms with Crippen molar-refractivity contribution in [2.24, 2.45) is 5.92 Å². The number of para-hydroxylation sites is 2. The fourth-order valence-corrected chi connectivity index (χ4v) is 3.10. The van der Waals surface area contributed by atoms with Crippen molar-refractivity contribution < 1.29 is 9.53 Å². The molecule has 1 saturated heterocycles. The van der Waals surface area contributed by atoms with E-state index in [2.05, 4.69) is 10.6 Å². The third kappa shape index (κ3) is 4.20. The molecule has 0 radical (unpaired) electrons. The van der Waals surface area contributed by atoms with E-state index < -0.39 is 0 Å². The Bertz CT molecular complexity index is 731. The number of halogens is 2. The number of anilines is 1. The van der Waals surface area contributed by atoms with Crippen LogP contribution in [0.3, 0.4) is 0 Å². The van der Waals surface area contributed by atoms with Crippen LogP contribution in [0.2, 0.25) is 10.0 Å². The summed E-state index contributed by atoms with van der Waals surface area (Å²) in [4.78, 5) is 12.4. The summed E-state index contributed by atoms with van der Waals surface area (Å²) in [6, 6.07) is 12.3. The van der Waals surface area contributed by atoms with E-state index in [-0.39, 0.29) is 11.8 Å². The molecule has 0 saturated carbocycles. The molecule has 3 rings (SSSR count). The molecule has 1 fully saturated rings. The van der Waals surface area contributed by atoms with Gasteiger partial charge in [-0.05, 0) is 56.3 Å². The molecular weight excluding hydrogens is 347 g/mol. The highest BCUT2D eigenvalue weighted by Gasteiger charge is 2.22. The fraction of sp³-hybridized carbons (Fsp3) is 0.278. The Morgan fingerprint density at radius 3 is 2.58 bits per heavy atom. The molecule has 2 N–H and O–H groups in total. The normalized spacial score (nSPS) is 15.1. The lowest BCUT2D eigenvalue weighted by Gasteiger charge is -2.22. The van der Waals surface area contributed by atoms with Gasteiger partial charge in [0.25, 0.3) is 0 Å². The van der Waals surface area contributed by atoms with Crippen LogP contribution in [0.4, 0.5) is 5.69 Å². The van der Waals surface area contributed by atoms with Gasteiger partial charge in [0, 0.05) is 10.9 Å². The Balaban J connectivity index is 1.76. The number of hydrogen-bond acceptors (Lipinski definition) is 3. The molecule has 0 aliphatic carbocycles. The lowest BCUT2D eigenvalue weighted by molar-refractivity contribution is -0.120. The average molecular weight is 365 g/mol. The maximum atomic E-state index is 12.4. The molecule has 0 unspecified atom stereocenters. The van der Waals surface area contributed by atoms with Gasteiger partial charge in [0.15, 0.2) is 5.75 Å². The van der Waals surface area contributed by atoms with E-state index in [0.29, 0.717) is 27.2 Å². The third-order valence-electron chi connectivity index (χ3n) is 3.97. The maximum Gasteiger partial charge on any atom is 0.227 e. The van der Waals surface area contributed by atoms with Crippen molar-refractivity contribution in [1.29, 1.82) is 0 Å². The number of nitrogens with one attached hydrogen (secondary N) is 2. The van der Waals surface area contributed by atoms with E-state index in [1.807, 2.05) is 18.2 Å². The van der Waals surface area contributed by atoms with Crippen LogP contribution in [-0.2, 0) is 4.79 Å². The smallest absolute Gasteiger partial charge is 0.227 e. The molecule has 4 nitrogen and oxygen atoms in total. The summed E-state index contributed by atoms with van der Waals surface area (Å²) in [5.74, 6) is 1.09. The van der Waals surface area contributed by atoms with Gasteiger partial charge in [0.2, 0.25) is 5.91 Å². The molecule has 1 aliphatic heterocycles. The molecule has 2 aromatic carbocycles. The second-order valence-electron chi connectivity index (χ2n) is 5.69. The van der Waals surface area contributed by atoms with Crippen LogP contribution in [0.1, 0.15) is 12.8 Å². The van der Waals surface area contributed by atoms with Gasteiger partial charge in [-0.1, -0.05) is 35.3 Å². The summed E-state index contributed by atoms with van der Waals surface area (Å²) >= 11 is 12.1. The molecule has 0 atom stereocenters. The van der Waals surface area contributed by atoms with Crippen LogP contribution in [0.15, 0.2) is 42.5 Å². The molecule has 0 aromatic heterocycles. The van der Waals surface area contributed by atoms with Gasteiger partial charge >= 0.3 is 0 Å². The minimum atomic E-state index is 0.0229. The molecule has 24 heavy (non-hydrogen) atoms. The zero-order valence-electron chi connectivity index (χ0n) is 13.0. The molecule has 126 valence electrons. The fourth-order valence-electron chi connectivity index (χ4n) is 2.65. The summed E-state index contributed by atoms with van der Waals surface area (Å²) < 4.78 is 5.87. The van der Waals surface area contributed by atoms with E-state index in [4.69, 9.17) is 27.9 Å². The number of benzene rings is 2. The molecule has 6 heteroatoms. The van der Waals surface area contributed by atoms with Gasteiger partial charge in [0.05, 0.1) is 10.7 Å². The Morgan fingerprint density at radius 1 is 1.08 bits per heavy atom. The minimum absolute atomic E-state index is 0.0229. The van der Waals surface area contributed by atoms with Crippen molar-refractivity contribution in [2.75, 3.05) is 18.4 Å². The summed E-state index contributed by atoms with van der Waals surface area (Å²) in [6.45, 7) is 1.74. The van der Waals surface area contributed by atoms with Crippen LogP contribution in [0.5, 0.6) is 11.5 Å². The quantitative estimate of drug-likeness (QED) is 0.824. The lowest BCUT2D eigenvalue weighted by Crippen LogP contribution is -2.34. The number of hydrogen-bond donors (Lipinski definition) is 2. The van der Waals surface area contributed by atoms with Gasteiger partial charge in [-0.25, -0.2) is 0 Å². The van der Waals surface area contributed by atoms with Crippen molar-refractivity contribution in [3.8, 4) is 11.5 Å². The third-order valence-corrected chi connectivity index (χ3v) is 4.50. The van der Waals surface area contributed by atoms with Crippen molar-refractivity contribution in [1.82, 2.24) is 5.32 Å². The van der Waals surface area contributed by atoms with E-state index in [1.165, 1.54) is 0 Å². The first-order chi connectivity index (χ1) is 11.6. The molecular formula is C18H18Cl2N2O2. The number of rotatable bonds is 4. The number of ether oxygens (including phenoxy) is 1. The first-order valence-corrected chi connectivity index (χ1v) is 8.62. The van der Waals surface area contributed by atoms with Crippen LogP contribution in [-0.4, -0.2) is 19.0 Å². The van der Waals surface area contributed by atoms with E-state index >= 15 is 0 Å². The van der Waals surface area contributed by atoms with Crippen molar-refractivity contribution in [2.45, 2.75) is 12.8 Å². The SMILES string of the molecule is O=C(Nc1ccccc1Oc1ccc(Cl)cc1Cl)C1CCNCC1. The number of carbonyl (C=O) groups excluding carboxylic acids is 1. The number of piperidine rings is 1. The lowest BCUT2D eigenvalue weighted by atomic mass is 9.97. The van der Waals surface area contributed by atoms with Crippen LogP contribution in [0.25, 0.3) is 0 Å². The van der Waals surface area contributed by atoms with Gasteiger partial charge in [-0.3, -0.25) is 4.79 Å². The first-order valence-electron chi connectivity index (χ1n) is 7.87. The standard InChI is InChI=1S/C18H18Cl2N2O2/c19-13-5-6-16(14(20)11-13)24-17-4-2-1-3-15(17)22-18(23)12-7-9-21-10-8-12/h1-6,11-12,21H,7-10H2,(H,22,23). The van der Waals surface area contributed by atoms with Gasteiger partial charge in [-0.2, -0.15) is 0 Å². The summed E-state index contributed by atoms with van der Waals surface area (Å²) in [7, 11) is 0. The zero-order valence-corrected chi connectivity index (χ0v) is 14.5. The Hall–Kier alpha value is -1.75. The minimum Gasteiger partial charge on any atom is -0.454 e. The molecule has 1 aliphatic rings. The Morgan fingerprint density at radius 2 is 1.83 bits per heavy atom. The van der Waals surface area contributed by atoms with E-state index in [1.54, 1.807) is 24.3 Å². The van der Waals surface area contributed by atoms with Crippen LogP contribution >= 0.6 is 23.2 Å². The Kier molecular flexibility index (Phi) is 5.61. The molecule has 0 spiro atoms. The molecule has 2 aromatic rings. The van der Waals surface area contributed by atoms with Gasteiger partial charge < -0.3 is 15.4 Å². The topological polar surface area (TPSA) is 50.4 Å². The zero-order chi connectivity index (χ0) is 16.9. The van der Waals surface area contributed by atoms with Gasteiger partial charge in [-0.15, -0.1) is 0 Å². The van der Waals surface area contributed by atoms with Crippen molar-refractivity contribution in [3.05, 3.63) is 52.5 Å². The van der Waals surface area contributed by atoms with E-state index in [9.17, 15) is 4.79 Å². The highest BCUT2D eigenvalue weighted by Crippen LogP contribution is 2.35. The molecule has 1 heterocycles. The van der Waals surface area contributed by atoms with Crippen LogP contribution in [0, 0.1) is 5.92 Å². The molecule has 0 bridgehead atoms.